The van der Waals surface area contributed by atoms with E-state index in [2.05, 4.69) is 10.6 Å². The highest BCUT2D eigenvalue weighted by molar-refractivity contribution is 5.93. The first-order chi connectivity index (χ1) is 12.2. The second kappa shape index (κ2) is 8.38. The molecule has 1 aromatic heterocycles. The molecule has 2 aliphatic rings. The van der Waals surface area contributed by atoms with Crippen molar-refractivity contribution < 1.29 is 14.3 Å². The van der Waals surface area contributed by atoms with Crippen molar-refractivity contribution in [3.8, 4) is 0 Å². The summed E-state index contributed by atoms with van der Waals surface area (Å²) in [7, 11) is 1.63. The molecule has 1 atom stereocenters. The predicted octanol–water partition coefficient (Wildman–Crippen LogP) is 1.59. The van der Waals surface area contributed by atoms with Crippen molar-refractivity contribution >= 4 is 11.9 Å². The van der Waals surface area contributed by atoms with E-state index in [4.69, 9.17) is 4.74 Å². The van der Waals surface area contributed by atoms with Gasteiger partial charge in [-0.1, -0.05) is 19.3 Å². The van der Waals surface area contributed by atoms with Gasteiger partial charge in [-0.3, -0.25) is 4.79 Å². The summed E-state index contributed by atoms with van der Waals surface area (Å²) in [5.74, 6) is -0.00668. The van der Waals surface area contributed by atoms with E-state index >= 15 is 0 Å². The summed E-state index contributed by atoms with van der Waals surface area (Å²) in [5, 5.41) is 6.01. The molecule has 1 fully saturated rings. The van der Waals surface area contributed by atoms with Gasteiger partial charge in [0.05, 0.1) is 12.6 Å². The molecule has 0 bridgehead atoms. The lowest BCUT2D eigenvalue weighted by atomic mass is 9.96. The molecule has 1 saturated carbocycles. The maximum Gasteiger partial charge on any atom is 0.315 e. The van der Waals surface area contributed by atoms with Crippen LogP contribution in [0.2, 0.25) is 0 Å². The molecule has 7 heteroatoms. The van der Waals surface area contributed by atoms with Crippen LogP contribution in [0, 0.1) is 0 Å². The Morgan fingerprint density at radius 2 is 2.12 bits per heavy atom. The van der Waals surface area contributed by atoms with E-state index in [-0.39, 0.29) is 24.0 Å². The van der Waals surface area contributed by atoms with Gasteiger partial charge in [0, 0.05) is 39.0 Å². The standard InChI is InChI=1S/C18H28N4O3/c1-25-11-10-22-15(13-21-9-5-8-16(21)17(22)23)12-19-18(24)20-14-6-3-2-4-7-14/h5,8-9,14-15H,2-4,6-7,10-13H2,1H3,(H2,19,20,24)/t15-/m0/s1. The van der Waals surface area contributed by atoms with Crippen LogP contribution in [-0.4, -0.2) is 60.3 Å². The summed E-state index contributed by atoms with van der Waals surface area (Å²) in [6, 6.07) is 3.79. The quantitative estimate of drug-likeness (QED) is 0.820. The Bertz CT molecular complexity index is 595. The van der Waals surface area contributed by atoms with E-state index in [1.54, 1.807) is 12.0 Å². The van der Waals surface area contributed by atoms with Crippen molar-refractivity contribution in [2.24, 2.45) is 0 Å². The molecule has 0 spiro atoms. The highest BCUT2D eigenvalue weighted by Gasteiger charge is 2.32. The number of carbonyl (C=O) groups is 2. The number of nitrogens with one attached hydrogen (secondary N) is 2. The number of ether oxygens (including phenoxy) is 1. The summed E-state index contributed by atoms with van der Waals surface area (Å²) in [4.78, 5) is 26.7. The number of methoxy groups -OCH3 is 1. The summed E-state index contributed by atoms with van der Waals surface area (Å²) in [6.07, 6.45) is 7.66. The summed E-state index contributed by atoms with van der Waals surface area (Å²) in [6.45, 7) is 2.13. The van der Waals surface area contributed by atoms with Gasteiger partial charge in [-0.05, 0) is 25.0 Å². The topological polar surface area (TPSA) is 75.6 Å². The van der Waals surface area contributed by atoms with Gasteiger partial charge in [-0.25, -0.2) is 4.79 Å². The van der Waals surface area contributed by atoms with Gasteiger partial charge in [0.2, 0.25) is 0 Å². The first-order valence-electron chi connectivity index (χ1n) is 9.18. The lowest BCUT2D eigenvalue weighted by Gasteiger charge is -2.36. The number of urea groups is 1. The molecule has 0 saturated heterocycles. The third-order valence-corrected chi connectivity index (χ3v) is 5.13. The predicted molar refractivity (Wildman–Crippen MR) is 94.5 cm³/mol. The molecule has 1 aliphatic heterocycles. The number of rotatable bonds is 6. The molecule has 2 heterocycles. The van der Waals surface area contributed by atoms with Gasteiger partial charge >= 0.3 is 6.03 Å². The molecule has 25 heavy (non-hydrogen) atoms. The van der Waals surface area contributed by atoms with Crippen LogP contribution in [0.15, 0.2) is 18.3 Å². The first kappa shape index (κ1) is 17.8. The third kappa shape index (κ3) is 4.34. The maximum absolute atomic E-state index is 12.7. The van der Waals surface area contributed by atoms with Crippen molar-refractivity contribution in [1.29, 1.82) is 0 Å². The largest absolute Gasteiger partial charge is 0.383 e. The van der Waals surface area contributed by atoms with Gasteiger partial charge in [-0.2, -0.15) is 0 Å². The van der Waals surface area contributed by atoms with Crippen molar-refractivity contribution in [2.75, 3.05) is 26.8 Å². The number of hydrogen-bond acceptors (Lipinski definition) is 3. The number of aromatic nitrogens is 1. The van der Waals surface area contributed by atoms with E-state index in [9.17, 15) is 9.59 Å². The number of fused-ring (bicyclic) bond motifs is 1. The van der Waals surface area contributed by atoms with E-state index < -0.39 is 0 Å². The maximum atomic E-state index is 12.7. The fourth-order valence-electron chi connectivity index (χ4n) is 3.75. The second-order valence-electron chi connectivity index (χ2n) is 6.88. The van der Waals surface area contributed by atoms with E-state index in [1.807, 2.05) is 22.9 Å². The molecule has 138 valence electrons. The van der Waals surface area contributed by atoms with Crippen LogP contribution in [-0.2, 0) is 11.3 Å². The molecule has 1 aliphatic carbocycles. The normalized spacial score (nSPS) is 21.1. The van der Waals surface area contributed by atoms with Crippen LogP contribution in [0.25, 0.3) is 0 Å². The fourth-order valence-corrected chi connectivity index (χ4v) is 3.75. The molecule has 0 aromatic carbocycles. The van der Waals surface area contributed by atoms with Crippen LogP contribution in [0.5, 0.6) is 0 Å². The highest BCUT2D eigenvalue weighted by atomic mass is 16.5. The Hall–Kier alpha value is -2.02. The second-order valence-corrected chi connectivity index (χ2v) is 6.88. The number of hydrogen-bond donors (Lipinski definition) is 2. The zero-order chi connectivity index (χ0) is 17.6. The number of amides is 3. The van der Waals surface area contributed by atoms with E-state index in [0.29, 0.717) is 31.9 Å². The molecule has 3 amide bonds. The molecule has 1 aromatic rings. The summed E-state index contributed by atoms with van der Waals surface area (Å²) in [5.41, 5.74) is 0.694. The molecule has 3 rings (SSSR count). The van der Waals surface area contributed by atoms with Gasteiger partial charge in [0.25, 0.3) is 5.91 Å². The monoisotopic (exact) mass is 348 g/mol. The Labute approximate surface area is 148 Å². The molecular formula is C18H28N4O3. The first-order valence-corrected chi connectivity index (χ1v) is 9.18. The van der Waals surface area contributed by atoms with Crippen molar-refractivity contribution in [3.63, 3.8) is 0 Å². The zero-order valence-corrected chi connectivity index (χ0v) is 14.9. The average molecular weight is 348 g/mol. The van der Waals surface area contributed by atoms with Crippen LogP contribution in [0.3, 0.4) is 0 Å². The van der Waals surface area contributed by atoms with Crippen molar-refractivity contribution in [1.82, 2.24) is 20.1 Å². The molecule has 0 radical (unpaired) electrons. The Balaban J connectivity index is 1.57. The lowest BCUT2D eigenvalue weighted by molar-refractivity contribution is 0.0513. The summed E-state index contributed by atoms with van der Waals surface area (Å²) >= 11 is 0. The van der Waals surface area contributed by atoms with Crippen LogP contribution >= 0.6 is 0 Å². The van der Waals surface area contributed by atoms with Crippen molar-refractivity contribution in [2.45, 2.75) is 50.7 Å². The average Bonchev–Trinajstić information content (AvgIpc) is 3.09. The molecule has 0 unspecified atom stereocenters. The molecule has 7 nitrogen and oxygen atoms in total. The lowest BCUT2D eigenvalue weighted by Crippen LogP contribution is -2.55. The van der Waals surface area contributed by atoms with Gasteiger partial charge in [-0.15, -0.1) is 0 Å². The smallest absolute Gasteiger partial charge is 0.315 e. The van der Waals surface area contributed by atoms with E-state index in [1.165, 1.54) is 19.3 Å². The Morgan fingerprint density at radius 3 is 2.88 bits per heavy atom. The van der Waals surface area contributed by atoms with Crippen LogP contribution < -0.4 is 10.6 Å². The Morgan fingerprint density at radius 1 is 1.32 bits per heavy atom. The molecular weight excluding hydrogens is 320 g/mol. The summed E-state index contributed by atoms with van der Waals surface area (Å²) < 4.78 is 7.09. The third-order valence-electron chi connectivity index (χ3n) is 5.13. The number of carbonyl (C=O) groups excluding carboxylic acids is 2. The Kier molecular flexibility index (Phi) is 5.96. The minimum Gasteiger partial charge on any atom is -0.383 e. The van der Waals surface area contributed by atoms with Gasteiger partial charge in [0.1, 0.15) is 5.69 Å². The van der Waals surface area contributed by atoms with Crippen molar-refractivity contribution in [3.05, 3.63) is 24.0 Å². The minimum atomic E-state index is -0.135. The SMILES string of the molecule is COCCN1C(=O)c2cccn2C[C@@H]1CNC(=O)NC1CCCCC1. The van der Waals surface area contributed by atoms with Crippen LogP contribution in [0.4, 0.5) is 4.79 Å². The fraction of sp³-hybridized carbons (Fsp3) is 0.667. The van der Waals surface area contributed by atoms with E-state index in [0.717, 1.165) is 12.8 Å². The van der Waals surface area contributed by atoms with Crippen LogP contribution in [0.1, 0.15) is 42.6 Å². The van der Waals surface area contributed by atoms with Gasteiger partial charge in [0.15, 0.2) is 0 Å². The zero-order valence-electron chi connectivity index (χ0n) is 14.9. The highest BCUT2D eigenvalue weighted by Crippen LogP contribution is 2.19. The number of nitrogens with zero attached hydrogens (tertiary/aromatic N) is 2. The minimum absolute atomic E-state index is 0.00668. The molecule has 2 N–H and O–H groups in total. The van der Waals surface area contributed by atoms with Gasteiger partial charge < -0.3 is 24.8 Å².